The topological polar surface area (TPSA) is 134 Å². The molecule has 5 rings (SSSR count). The number of morpholine rings is 1. The second-order valence-corrected chi connectivity index (χ2v) is 9.71. The second kappa shape index (κ2) is 12.3. The Hall–Kier alpha value is -3.02. The van der Waals surface area contributed by atoms with Crippen LogP contribution in [0.15, 0.2) is 47.1 Å². The van der Waals surface area contributed by atoms with Crippen LogP contribution in [0.5, 0.6) is 0 Å². The van der Waals surface area contributed by atoms with E-state index >= 15 is 0 Å². The van der Waals surface area contributed by atoms with Crippen LogP contribution in [0.1, 0.15) is 31.7 Å². The van der Waals surface area contributed by atoms with Crippen LogP contribution >= 0.6 is 11.6 Å². The van der Waals surface area contributed by atoms with E-state index in [9.17, 15) is 0 Å². The fraction of sp³-hybridized carbons (Fsp3) is 0.542. The lowest BCUT2D eigenvalue weighted by Gasteiger charge is -2.47. The Balaban J connectivity index is 0.000000709. The molecule has 11 nitrogen and oxygen atoms in total. The minimum absolute atomic E-state index is 0.101. The number of hydrogen-bond acceptors (Lipinski definition) is 9. The van der Waals surface area contributed by atoms with Gasteiger partial charge in [0.15, 0.2) is 0 Å². The van der Waals surface area contributed by atoms with Crippen molar-refractivity contribution in [2.45, 2.75) is 57.3 Å². The van der Waals surface area contributed by atoms with E-state index < -0.39 is 5.97 Å². The van der Waals surface area contributed by atoms with Crippen LogP contribution in [-0.2, 0) is 22.5 Å². The third-order valence-electron chi connectivity index (χ3n) is 6.58. The molecule has 1 aromatic carbocycles. The highest BCUT2D eigenvalue weighted by Gasteiger charge is 2.36. The molecular formula is C24H33ClN8O3. The van der Waals surface area contributed by atoms with Gasteiger partial charge < -0.3 is 20.5 Å². The average molecular weight is 517 g/mol. The van der Waals surface area contributed by atoms with E-state index in [2.05, 4.69) is 42.2 Å². The first-order valence-electron chi connectivity index (χ1n) is 12.1. The molecule has 0 spiro atoms. The zero-order valence-electron chi connectivity index (χ0n) is 20.4. The highest BCUT2D eigenvalue weighted by atomic mass is 35.5. The molecule has 0 amide bonds. The summed E-state index contributed by atoms with van der Waals surface area (Å²) >= 11 is 6.09. The Bertz CT molecular complexity index is 1050. The molecule has 2 saturated heterocycles. The summed E-state index contributed by atoms with van der Waals surface area (Å²) in [7, 11) is 0. The standard InChI is InChI=1S/C22H29ClN8O.C2H4O2/c23-17-3-1-16(2-4-17)9-19-13-32-20(11-30-15-25-14-26-30)12-31(19)18-5-7-29(8-6-18)22-10-21(24)27-28-22;1-2(3)4/h1-4,14-15,18-20H,5-13H2,(H2,24,27);1H3,(H,3,4)/t19-,20-;/m0./s1. The zero-order valence-corrected chi connectivity index (χ0v) is 21.2. The van der Waals surface area contributed by atoms with Crippen LogP contribution in [0.3, 0.4) is 0 Å². The fourth-order valence-electron chi connectivity index (χ4n) is 4.93. The summed E-state index contributed by atoms with van der Waals surface area (Å²) in [5.41, 5.74) is 7.10. The number of carbonyl (C=O) groups is 1. The normalized spacial score (nSPS) is 23.0. The van der Waals surface area contributed by atoms with Crippen LogP contribution in [0, 0.1) is 0 Å². The maximum atomic E-state index is 9.00. The van der Waals surface area contributed by atoms with Gasteiger partial charge in [-0.3, -0.25) is 14.4 Å². The number of likely N-dealkylation sites (tertiary alicyclic amines) is 1. The minimum Gasteiger partial charge on any atom is -0.481 e. The smallest absolute Gasteiger partial charge is 0.300 e. The van der Waals surface area contributed by atoms with E-state index in [1.165, 1.54) is 5.56 Å². The number of hydrogen-bond donors (Lipinski definition) is 2. The lowest BCUT2D eigenvalue weighted by molar-refractivity contribution is -0.134. The molecule has 0 saturated carbocycles. The lowest BCUT2D eigenvalue weighted by Crippen LogP contribution is -2.58. The maximum Gasteiger partial charge on any atom is 0.300 e. The molecule has 0 radical (unpaired) electrons. The SMILES string of the molecule is CC(=O)O.NC1=NN=C(N2CCC(N3C[C@H](Cn4cncn4)OC[C@@H]3Cc3ccc(Cl)cc3)CC2)C1. The highest BCUT2D eigenvalue weighted by Crippen LogP contribution is 2.26. The van der Waals surface area contributed by atoms with Gasteiger partial charge in [0.25, 0.3) is 5.97 Å². The molecule has 12 heteroatoms. The van der Waals surface area contributed by atoms with E-state index in [4.69, 9.17) is 32.0 Å². The van der Waals surface area contributed by atoms with Crippen LogP contribution in [0.4, 0.5) is 0 Å². The molecule has 0 aliphatic carbocycles. The van der Waals surface area contributed by atoms with E-state index in [-0.39, 0.29) is 6.10 Å². The summed E-state index contributed by atoms with van der Waals surface area (Å²) in [6.45, 7) is 5.35. The number of rotatable bonds is 5. The largest absolute Gasteiger partial charge is 0.481 e. The van der Waals surface area contributed by atoms with Crippen LogP contribution < -0.4 is 5.73 Å². The van der Waals surface area contributed by atoms with Gasteiger partial charge in [0.1, 0.15) is 24.3 Å². The number of amidine groups is 2. The first-order chi connectivity index (χ1) is 17.4. The van der Waals surface area contributed by atoms with Gasteiger partial charge in [-0.05, 0) is 37.0 Å². The number of nitrogens with zero attached hydrogens (tertiary/aromatic N) is 7. The molecule has 3 aliphatic rings. The third kappa shape index (κ3) is 7.25. The van der Waals surface area contributed by atoms with Crippen molar-refractivity contribution in [1.29, 1.82) is 0 Å². The number of aromatic nitrogens is 3. The van der Waals surface area contributed by atoms with Gasteiger partial charge >= 0.3 is 0 Å². The second-order valence-electron chi connectivity index (χ2n) is 9.28. The van der Waals surface area contributed by atoms with E-state index in [0.29, 0.717) is 30.9 Å². The van der Waals surface area contributed by atoms with Crippen LogP contribution in [0.2, 0.25) is 5.02 Å². The summed E-state index contributed by atoms with van der Waals surface area (Å²) in [4.78, 5) is 18.1. The predicted octanol–water partition coefficient (Wildman–Crippen LogP) is 1.87. The average Bonchev–Trinajstić information content (AvgIpc) is 3.53. The number of carboxylic acid groups (broad SMARTS) is 1. The molecule has 0 unspecified atom stereocenters. The molecule has 2 aromatic rings. The first-order valence-corrected chi connectivity index (χ1v) is 12.5. The van der Waals surface area contributed by atoms with Crippen molar-refractivity contribution in [3.05, 3.63) is 47.5 Å². The van der Waals surface area contributed by atoms with Crippen molar-refractivity contribution in [3.8, 4) is 0 Å². The predicted molar refractivity (Wildman–Crippen MR) is 137 cm³/mol. The number of benzene rings is 1. The van der Waals surface area contributed by atoms with E-state index in [1.807, 2.05) is 16.8 Å². The molecule has 194 valence electrons. The third-order valence-corrected chi connectivity index (χ3v) is 6.83. The lowest BCUT2D eigenvalue weighted by atomic mass is 9.96. The van der Waals surface area contributed by atoms with Crippen molar-refractivity contribution < 1.29 is 14.6 Å². The van der Waals surface area contributed by atoms with Crippen molar-refractivity contribution in [1.82, 2.24) is 24.6 Å². The van der Waals surface area contributed by atoms with E-state index in [1.54, 1.807) is 12.7 Å². The Morgan fingerprint density at radius 2 is 1.94 bits per heavy atom. The Kier molecular flexibility index (Phi) is 8.89. The van der Waals surface area contributed by atoms with Gasteiger partial charge in [-0.2, -0.15) is 5.10 Å². The number of carboxylic acids is 1. The van der Waals surface area contributed by atoms with Crippen LogP contribution in [-0.4, -0.2) is 91.7 Å². The summed E-state index contributed by atoms with van der Waals surface area (Å²) in [5.74, 6) is 0.777. The summed E-state index contributed by atoms with van der Waals surface area (Å²) in [6.07, 6.45) is 7.22. The van der Waals surface area contributed by atoms with Crippen LogP contribution in [0.25, 0.3) is 0 Å². The molecule has 0 bridgehead atoms. The molecule has 3 N–H and O–H groups in total. The van der Waals surface area contributed by atoms with Crippen molar-refractivity contribution in [2.24, 2.45) is 15.9 Å². The summed E-state index contributed by atoms with van der Waals surface area (Å²) in [5, 5.41) is 20.7. The molecule has 1 aromatic heterocycles. The number of piperidine rings is 1. The van der Waals surface area contributed by atoms with Gasteiger partial charge in [0.05, 0.1) is 25.7 Å². The Morgan fingerprint density at radius 3 is 2.56 bits per heavy atom. The van der Waals surface area contributed by atoms with Gasteiger partial charge in [0.2, 0.25) is 0 Å². The van der Waals surface area contributed by atoms with Gasteiger partial charge in [-0.1, -0.05) is 23.7 Å². The molecule has 36 heavy (non-hydrogen) atoms. The number of ether oxygens (including phenoxy) is 1. The van der Waals surface area contributed by atoms with Gasteiger partial charge in [0, 0.05) is 43.7 Å². The number of halogens is 1. The Morgan fingerprint density at radius 1 is 1.22 bits per heavy atom. The summed E-state index contributed by atoms with van der Waals surface area (Å²) < 4.78 is 8.13. The Labute approximate surface area is 215 Å². The minimum atomic E-state index is -0.833. The molecule has 3 aliphatic heterocycles. The van der Waals surface area contributed by atoms with Gasteiger partial charge in [-0.15, -0.1) is 10.2 Å². The first kappa shape index (κ1) is 26.1. The number of aliphatic carboxylic acids is 1. The van der Waals surface area contributed by atoms with E-state index in [0.717, 1.165) is 63.2 Å². The zero-order chi connectivity index (χ0) is 25.5. The summed E-state index contributed by atoms with van der Waals surface area (Å²) in [6, 6.07) is 9.01. The van der Waals surface area contributed by atoms with Gasteiger partial charge in [-0.25, -0.2) is 4.98 Å². The molecule has 2 fully saturated rings. The monoisotopic (exact) mass is 516 g/mol. The van der Waals surface area contributed by atoms with Crippen molar-refractivity contribution in [2.75, 3.05) is 26.2 Å². The molecular weight excluding hydrogens is 484 g/mol. The van der Waals surface area contributed by atoms with Crippen molar-refractivity contribution >= 4 is 29.2 Å². The molecule has 2 atom stereocenters. The quantitative estimate of drug-likeness (QED) is 0.615. The number of nitrogens with two attached hydrogens (primary N) is 1. The highest BCUT2D eigenvalue weighted by molar-refractivity contribution is 6.30. The fourth-order valence-corrected chi connectivity index (χ4v) is 5.05. The van der Waals surface area contributed by atoms with Crippen molar-refractivity contribution in [3.63, 3.8) is 0 Å². The maximum absolute atomic E-state index is 9.00. The molecule has 4 heterocycles.